The van der Waals surface area contributed by atoms with E-state index in [0.717, 1.165) is 31.1 Å². The molecule has 0 aromatic carbocycles. The highest BCUT2D eigenvalue weighted by molar-refractivity contribution is 5.84. The normalized spacial score (nSPS) is 50.4. The molecule has 18 heavy (non-hydrogen) atoms. The van der Waals surface area contributed by atoms with Crippen LogP contribution in [0.5, 0.6) is 0 Å². The van der Waals surface area contributed by atoms with Crippen LogP contribution in [0.3, 0.4) is 0 Å². The Morgan fingerprint density at radius 2 is 1.78 bits per heavy atom. The molecular formula is C15H23NO2. The van der Waals surface area contributed by atoms with Crippen molar-refractivity contribution in [2.75, 3.05) is 13.1 Å². The van der Waals surface area contributed by atoms with Crippen LogP contribution in [0.25, 0.3) is 0 Å². The Morgan fingerprint density at radius 1 is 1.17 bits per heavy atom. The van der Waals surface area contributed by atoms with Gasteiger partial charge in [-0.3, -0.25) is 4.79 Å². The van der Waals surface area contributed by atoms with Gasteiger partial charge in [0, 0.05) is 13.1 Å². The van der Waals surface area contributed by atoms with Gasteiger partial charge in [0.25, 0.3) is 0 Å². The molecule has 100 valence electrons. The molecule has 0 radical (unpaired) electrons. The molecule has 4 saturated carbocycles. The molecule has 5 aliphatic rings. The van der Waals surface area contributed by atoms with E-state index < -0.39 is 0 Å². The second-order valence-corrected chi connectivity index (χ2v) is 7.92. The Bertz CT molecular complexity index is 385. The summed E-state index contributed by atoms with van der Waals surface area (Å²) in [5, 5.41) is 9.41. The Labute approximate surface area is 109 Å². The summed E-state index contributed by atoms with van der Waals surface area (Å²) in [6.45, 7) is 3.55. The number of aliphatic hydroxyl groups is 1. The van der Waals surface area contributed by atoms with Gasteiger partial charge in [-0.25, -0.2) is 0 Å². The number of hydrogen-bond acceptors (Lipinski definition) is 2. The van der Waals surface area contributed by atoms with Crippen molar-refractivity contribution in [1.29, 1.82) is 0 Å². The Hall–Kier alpha value is -0.570. The molecular weight excluding hydrogens is 226 g/mol. The summed E-state index contributed by atoms with van der Waals surface area (Å²) in [6.07, 6.45) is 7.17. The number of rotatable bonds is 1. The average Bonchev–Trinajstić information content (AvgIpc) is 2.20. The highest BCUT2D eigenvalue weighted by atomic mass is 16.3. The van der Waals surface area contributed by atoms with Crippen molar-refractivity contribution in [3.8, 4) is 0 Å². The lowest BCUT2D eigenvalue weighted by Gasteiger charge is -2.61. The molecule has 0 aromatic heterocycles. The van der Waals surface area contributed by atoms with E-state index in [1.807, 2.05) is 4.90 Å². The van der Waals surface area contributed by atoms with Gasteiger partial charge in [-0.15, -0.1) is 0 Å². The lowest BCUT2D eigenvalue weighted by atomic mass is 9.44. The Kier molecular flexibility index (Phi) is 2.07. The summed E-state index contributed by atoms with van der Waals surface area (Å²) >= 11 is 0. The van der Waals surface area contributed by atoms with Gasteiger partial charge in [-0.2, -0.15) is 0 Å². The van der Waals surface area contributed by atoms with Gasteiger partial charge in [0.05, 0.1) is 11.5 Å². The monoisotopic (exact) mass is 249 g/mol. The summed E-state index contributed by atoms with van der Waals surface area (Å²) < 4.78 is 0. The van der Waals surface area contributed by atoms with Crippen molar-refractivity contribution in [3.05, 3.63) is 0 Å². The minimum absolute atomic E-state index is 0.0427. The third kappa shape index (κ3) is 1.43. The zero-order valence-corrected chi connectivity index (χ0v) is 11.2. The highest BCUT2D eigenvalue weighted by Crippen LogP contribution is 2.65. The fourth-order valence-corrected chi connectivity index (χ4v) is 5.93. The minimum Gasteiger partial charge on any atom is -0.389 e. The zero-order chi connectivity index (χ0) is 12.5. The Morgan fingerprint density at radius 3 is 2.28 bits per heavy atom. The predicted octanol–water partition coefficient (Wildman–Crippen LogP) is 1.80. The second kappa shape index (κ2) is 3.30. The van der Waals surface area contributed by atoms with Crippen molar-refractivity contribution < 1.29 is 9.90 Å². The minimum atomic E-state index is -0.265. The molecule has 1 saturated heterocycles. The van der Waals surface area contributed by atoms with Crippen LogP contribution in [0.2, 0.25) is 0 Å². The zero-order valence-electron chi connectivity index (χ0n) is 11.2. The molecule has 3 heteroatoms. The first-order valence-corrected chi connectivity index (χ1v) is 7.46. The third-order valence-corrected chi connectivity index (χ3v) is 5.96. The van der Waals surface area contributed by atoms with Gasteiger partial charge in [0.2, 0.25) is 5.91 Å². The quantitative estimate of drug-likeness (QED) is 0.770. The van der Waals surface area contributed by atoms with Crippen LogP contribution in [0.1, 0.15) is 45.4 Å². The lowest BCUT2D eigenvalue weighted by Crippen LogP contribution is -2.62. The molecule has 4 bridgehead atoms. The SMILES string of the molecule is CC12CC3CC(C1)CC(C(=O)N1CC(O)C1)(C3)C2. The van der Waals surface area contributed by atoms with Crippen LogP contribution in [-0.2, 0) is 4.79 Å². The van der Waals surface area contributed by atoms with Crippen molar-refractivity contribution in [2.24, 2.45) is 22.7 Å². The van der Waals surface area contributed by atoms with Crippen molar-refractivity contribution in [3.63, 3.8) is 0 Å². The number of β-amino-alcohol motifs (C(OH)–C–C–N with tert-alkyl or cyclic N) is 1. The molecule has 0 aromatic rings. The summed E-state index contributed by atoms with van der Waals surface area (Å²) in [6, 6.07) is 0. The van der Waals surface area contributed by atoms with Gasteiger partial charge < -0.3 is 10.0 Å². The summed E-state index contributed by atoms with van der Waals surface area (Å²) in [5.74, 6) is 1.96. The highest BCUT2D eigenvalue weighted by Gasteiger charge is 2.60. The maximum absolute atomic E-state index is 12.8. The van der Waals surface area contributed by atoms with Crippen molar-refractivity contribution in [1.82, 2.24) is 4.90 Å². The molecule has 2 atom stereocenters. The number of carbonyl (C=O) groups excluding carboxylic acids is 1. The molecule has 1 aliphatic heterocycles. The first-order chi connectivity index (χ1) is 8.48. The second-order valence-electron chi connectivity index (χ2n) is 7.92. The molecule has 2 unspecified atom stereocenters. The standard InChI is InChI=1S/C15H23NO2/c1-14-3-10-2-11(4-14)6-15(5-10,9-14)13(18)16-7-12(17)8-16/h10-12,17H,2-9H2,1H3. The van der Waals surface area contributed by atoms with E-state index >= 15 is 0 Å². The number of nitrogens with zero attached hydrogens (tertiary/aromatic N) is 1. The number of hydrogen-bond donors (Lipinski definition) is 1. The maximum Gasteiger partial charge on any atom is 0.229 e. The van der Waals surface area contributed by atoms with Gasteiger partial charge in [0.15, 0.2) is 0 Å². The van der Waals surface area contributed by atoms with Gasteiger partial charge in [0.1, 0.15) is 0 Å². The van der Waals surface area contributed by atoms with E-state index in [1.54, 1.807) is 0 Å². The van der Waals surface area contributed by atoms with Crippen LogP contribution >= 0.6 is 0 Å². The predicted molar refractivity (Wildman–Crippen MR) is 67.8 cm³/mol. The molecule has 3 nitrogen and oxygen atoms in total. The number of aliphatic hydroxyl groups excluding tert-OH is 1. The van der Waals surface area contributed by atoms with Crippen LogP contribution in [0.15, 0.2) is 0 Å². The topological polar surface area (TPSA) is 40.5 Å². The van der Waals surface area contributed by atoms with Gasteiger partial charge in [-0.05, 0) is 55.8 Å². The lowest BCUT2D eigenvalue weighted by molar-refractivity contribution is -0.175. The smallest absolute Gasteiger partial charge is 0.229 e. The summed E-state index contributed by atoms with van der Waals surface area (Å²) in [7, 11) is 0. The molecule has 1 N–H and O–H groups in total. The van der Waals surface area contributed by atoms with E-state index in [2.05, 4.69) is 6.92 Å². The van der Waals surface area contributed by atoms with E-state index in [-0.39, 0.29) is 11.5 Å². The average molecular weight is 249 g/mol. The largest absolute Gasteiger partial charge is 0.389 e. The summed E-state index contributed by atoms with van der Waals surface area (Å²) in [5.41, 5.74) is 0.391. The van der Waals surface area contributed by atoms with Gasteiger partial charge in [-0.1, -0.05) is 6.92 Å². The fraction of sp³-hybridized carbons (Fsp3) is 0.933. The van der Waals surface area contributed by atoms with E-state index in [4.69, 9.17) is 0 Å². The third-order valence-electron chi connectivity index (χ3n) is 5.96. The first kappa shape index (κ1) is 11.3. The Balaban J connectivity index is 1.61. The van der Waals surface area contributed by atoms with Crippen LogP contribution in [-0.4, -0.2) is 35.1 Å². The molecule has 0 spiro atoms. The van der Waals surface area contributed by atoms with Crippen LogP contribution in [0.4, 0.5) is 0 Å². The van der Waals surface area contributed by atoms with Crippen LogP contribution in [0, 0.1) is 22.7 Å². The van der Waals surface area contributed by atoms with E-state index in [0.29, 0.717) is 24.4 Å². The number of carbonyl (C=O) groups is 1. The maximum atomic E-state index is 12.8. The first-order valence-electron chi connectivity index (χ1n) is 7.46. The van der Waals surface area contributed by atoms with Crippen LogP contribution < -0.4 is 0 Å². The van der Waals surface area contributed by atoms with Crippen molar-refractivity contribution >= 4 is 5.91 Å². The molecule has 1 amide bonds. The van der Waals surface area contributed by atoms with Gasteiger partial charge >= 0.3 is 0 Å². The van der Waals surface area contributed by atoms with Crippen molar-refractivity contribution in [2.45, 2.75) is 51.6 Å². The van der Waals surface area contributed by atoms with E-state index in [1.165, 1.54) is 19.3 Å². The number of likely N-dealkylation sites (tertiary alicyclic amines) is 1. The van der Waals surface area contributed by atoms with E-state index in [9.17, 15) is 9.90 Å². The molecule has 4 aliphatic carbocycles. The summed E-state index contributed by atoms with van der Waals surface area (Å²) in [4.78, 5) is 14.7. The number of amides is 1. The fourth-order valence-electron chi connectivity index (χ4n) is 5.93. The molecule has 5 fully saturated rings. The molecule has 1 heterocycles. The molecule has 5 rings (SSSR count).